The zero-order valence-electron chi connectivity index (χ0n) is 9.45. The molecule has 0 saturated carbocycles. The average molecular weight is 210 g/mol. The number of carbonyl (C=O) groups excluding carboxylic acids is 1. The third-order valence-electron chi connectivity index (χ3n) is 2.22. The molecule has 0 radical (unpaired) electrons. The quantitative estimate of drug-likeness (QED) is 0.705. The van der Waals surface area contributed by atoms with Crippen molar-refractivity contribution in [3.63, 3.8) is 0 Å². The third kappa shape index (κ3) is 3.36. The van der Waals surface area contributed by atoms with E-state index in [1.165, 1.54) is 0 Å². The lowest BCUT2D eigenvalue weighted by molar-refractivity contribution is -0.118. The fraction of sp³-hybridized carbons (Fsp3) is 0.600. The fourth-order valence-corrected chi connectivity index (χ4v) is 1.61. The van der Waals surface area contributed by atoms with Crippen molar-refractivity contribution in [2.45, 2.75) is 33.4 Å². The number of nitrogens with zero attached hydrogens (tertiary/aromatic N) is 2. The van der Waals surface area contributed by atoms with Crippen LogP contribution in [0.25, 0.3) is 0 Å². The number of nitrogens with two attached hydrogens (primary N) is 1. The van der Waals surface area contributed by atoms with E-state index in [0.717, 1.165) is 11.4 Å². The van der Waals surface area contributed by atoms with Crippen LogP contribution in [0.3, 0.4) is 0 Å². The molecule has 1 heterocycles. The Morgan fingerprint density at radius 3 is 2.87 bits per heavy atom. The summed E-state index contributed by atoms with van der Waals surface area (Å²) in [5, 5.41) is 1.94. The van der Waals surface area contributed by atoms with E-state index in [-0.39, 0.29) is 12.1 Å². The number of carbonyl (C=O) groups is 1. The van der Waals surface area contributed by atoms with Crippen LogP contribution in [-0.2, 0) is 4.79 Å². The van der Waals surface area contributed by atoms with E-state index < -0.39 is 0 Å². The van der Waals surface area contributed by atoms with E-state index in [1.807, 2.05) is 31.9 Å². The lowest BCUT2D eigenvalue weighted by Gasteiger charge is -2.32. The van der Waals surface area contributed by atoms with Gasteiger partial charge in [-0.05, 0) is 26.8 Å². The molecule has 0 aromatic carbocycles. The van der Waals surface area contributed by atoms with Crippen molar-refractivity contribution in [3.8, 4) is 0 Å². The summed E-state index contributed by atoms with van der Waals surface area (Å²) in [5.74, 6) is -0.298. The second kappa shape index (κ2) is 4.93. The number of hydrazine groups is 1. The zero-order valence-corrected chi connectivity index (χ0v) is 9.45. The van der Waals surface area contributed by atoms with Gasteiger partial charge < -0.3 is 5.73 Å². The molecule has 0 saturated heterocycles. The standard InChI is InChI=1S/C10H18N4O/c1-7-6-8(2)14(9(3)13-7)12-5-4-10(11)15/h6,9,12H,4-5H2,1-3H3,(H2,11,15)/t9-/m1/s1. The van der Waals surface area contributed by atoms with E-state index in [9.17, 15) is 4.79 Å². The molecule has 0 bridgehead atoms. The summed E-state index contributed by atoms with van der Waals surface area (Å²) in [6, 6.07) is 0. The number of nitrogens with one attached hydrogen (secondary N) is 1. The largest absolute Gasteiger partial charge is 0.370 e. The molecule has 5 heteroatoms. The first-order valence-electron chi connectivity index (χ1n) is 5.04. The van der Waals surface area contributed by atoms with Crippen LogP contribution in [0.2, 0.25) is 0 Å². The van der Waals surface area contributed by atoms with Gasteiger partial charge in [0.15, 0.2) is 0 Å². The molecule has 1 aliphatic heterocycles. The van der Waals surface area contributed by atoms with Gasteiger partial charge >= 0.3 is 0 Å². The number of amides is 1. The van der Waals surface area contributed by atoms with Crippen LogP contribution < -0.4 is 11.2 Å². The average Bonchev–Trinajstić information content (AvgIpc) is 2.08. The van der Waals surface area contributed by atoms with Crippen LogP contribution in [-0.4, -0.2) is 29.3 Å². The minimum Gasteiger partial charge on any atom is -0.370 e. The predicted molar refractivity (Wildman–Crippen MR) is 60.0 cm³/mol. The van der Waals surface area contributed by atoms with Gasteiger partial charge in [-0.1, -0.05) is 0 Å². The van der Waals surface area contributed by atoms with Crippen LogP contribution in [0.4, 0.5) is 0 Å². The topological polar surface area (TPSA) is 70.7 Å². The number of primary amides is 1. The van der Waals surface area contributed by atoms with Gasteiger partial charge in [-0.3, -0.25) is 14.8 Å². The Balaban J connectivity index is 2.49. The molecule has 0 unspecified atom stereocenters. The van der Waals surface area contributed by atoms with Crippen LogP contribution in [0.5, 0.6) is 0 Å². The van der Waals surface area contributed by atoms with Crippen molar-refractivity contribution < 1.29 is 4.79 Å². The Bertz CT molecular complexity index is 309. The van der Waals surface area contributed by atoms with E-state index in [0.29, 0.717) is 13.0 Å². The molecule has 0 aliphatic carbocycles. The van der Waals surface area contributed by atoms with Crippen molar-refractivity contribution in [3.05, 3.63) is 11.8 Å². The first kappa shape index (κ1) is 11.7. The van der Waals surface area contributed by atoms with E-state index in [4.69, 9.17) is 5.73 Å². The van der Waals surface area contributed by atoms with Crippen molar-refractivity contribution in [1.29, 1.82) is 0 Å². The lowest BCUT2D eigenvalue weighted by atomic mass is 10.2. The highest BCUT2D eigenvalue weighted by atomic mass is 16.1. The van der Waals surface area contributed by atoms with Gasteiger partial charge in [-0.15, -0.1) is 0 Å². The van der Waals surface area contributed by atoms with E-state index >= 15 is 0 Å². The molecule has 1 aliphatic rings. The van der Waals surface area contributed by atoms with Gasteiger partial charge in [-0.2, -0.15) is 0 Å². The Morgan fingerprint density at radius 2 is 2.33 bits per heavy atom. The van der Waals surface area contributed by atoms with Gasteiger partial charge in [0.05, 0.1) is 0 Å². The summed E-state index contributed by atoms with van der Waals surface area (Å²) < 4.78 is 0. The fourth-order valence-electron chi connectivity index (χ4n) is 1.61. The zero-order chi connectivity index (χ0) is 11.4. The van der Waals surface area contributed by atoms with Crippen molar-refractivity contribution in [2.24, 2.45) is 10.7 Å². The monoisotopic (exact) mass is 210 g/mol. The molecular formula is C10H18N4O. The summed E-state index contributed by atoms with van der Waals surface area (Å²) in [6.45, 7) is 6.52. The summed E-state index contributed by atoms with van der Waals surface area (Å²) in [6.07, 6.45) is 2.39. The van der Waals surface area contributed by atoms with Crippen molar-refractivity contribution in [2.75, 3.05) is 6.54 Å². The van der Waals surface area contributed by atoms with Crippen LogP contribution in [0, 0.1) is 0 Å². The molecule has 0 aromatic heterocycles. The molecule has 1 rings (SSSR count). The summed E-state index contributed by atoms with van der Waals surface area (Å²) in [7, 11) is 0. The highest BCUT2D eigenvalue weighted by molar-refractivity contribution is 5.93. The Kier molecular flexibility index (Phi) is 3.85. The predicted octanol–water partition coefficient (Wildman–Crippen LogP) is 0.393. The molecule has 84 valence electrons. The number of hydrogen-bond acceptors (Lipinski definition) is 4. The second-order valence-corrected chi connectivity index (χ2v) is 3.68. The summed E-state index contributed by atoms with van der Waals surface area (Å²) in [4.78, 5) is 15.0. The van der Waals surface area contributed by atoms with Gasteiger partial charge in [0.1, 0.15) is 6.17 Å². The van der Waals surface area contributed by atoms with E-state index in [2.05, 4.69) is 10.4 Å². The molecule has 3 N–H and O–H groups in total. The molecule has 5 nitrogen and oxygen atoms in total. The normalized spacial score (nSPS) is 21.0. The summed E-state index contributed by atoms with van der Waals surface area (Å²) >= 11 is 0. The minimum atomic E-state index is -0.298. The van der Waals surface area contributed by atoms with Gasteiger partial charge in [0.2, 0.25) is 5.91 Å². The maximum Gasteiger partial charge on any atom is 0.218 e. The minimum absolute atomic E-state index is 0.0582. The van der Waals surface area contributed by atoms with Gasteiger partial charge in [0.25, 0.3) is 0 Å². The molecule has 15 heavy (non-hydrogen) atoms. The van der Waals surface area contributed by atoms with Crippen molar-refractivity contribution in [1.82, 2.24) is 10.4 Å². The number of aliphatic imine (C=N–C) groups is 1. The lowest BCUT2D eigenvalue weighted by Crippen LogP contribution is -2.45. The number of allylic oxidation sites excluding steroid dienone is 2. The molecule has 0 aromatic rings. The Labute approximate surface area is 90.0 Å². The Hall–Kier alpha value is -1.36. The molecule has 1 amide bonds. The SMILES string of the molecule is CC1=CC(C)=N[C@@H](C)N1NCCC(N)=O. The second-order valence-electron chi connectivity index (χ2n) is 3.68. The smallest absolute Gasteiger partial charge is 0.218 e. The first-order valence-corrected chi connectivity index (χ1v) is 5.04. The molecule has 0 spiro atoms. The van der Waals surface area contributed by atoms with E-state index in [1.54, 1.807) is 0 Å². The van der Waals surface area contributed by atoms with Crippen molar-refractivity contribution >= 4 is 11.6 Å². The molecule has 0 fully saturated rings. The third-order valence-corrected chi connectivity index (χ3v) is 2.22. The van der Waals surface area contributed by atoms with Gasteiger partial charge in [0, 0.05) is 24.4 Å². The highest BCUT2D eigenvalue weighted by Gasteiger charge is 2.16. The number of rotatable bonds is 4. The maximum atomic E-state index is 10.6. The van der Waals surface area contributed by atoms with Crippen LogP contribution in [0.15, 0.2) is 16.8 Å². The van der Waals surface area contributed by atoms with Crippen LogP contribution in [0.1, 0.15) is 27.2 Å². The molecular weight excluding hydrogens is 192 g/mol. The molecule has 1 atom stereocenters. The maximum absolute atomic E-state index is 10.6. The van der Waals surface area contributed by atoms with Crippen LogP contribution >= 0.6 is 0 Å². The van der Waals surface area contributed by atoms with Gasteiger partial charge in [-0.25, -0.2) is 5.43 Å². The first-order chi connectivity index (χ1) is 7.00. The number of hydrogen-bond donors (Lipinski definition) is 2. The summed E-state index contributed by atoms with van der Waals surface area (Å²) in [5.41, 5.74) is 10.3. The highest BCUT2D eigenvalue weighted by Crippen LogP contribution is 2.12. The Morgan fingerprint density at radius 1 is 1.67 bits per heavy atom.